The van der Waals surface area contributed by atoms with Crippen LogP contribution in [0.4, 0.5) is 0 Å². The number of aryl methyl sites for hydroxylation is 2. The molecule has 0 saturated carbocycles. The van der Waals surface area contributed by atoms with E-state index in [0.29, 0.717) is 0 Å². The second-order valence-corrected chi connectivity index (χ2v) is 6.65. The zero-order chi connectivity index (χ0) is 17.0. The monoisotopic (exact) mass is 322 g/mol. The molecule has 0 N–H and O–H groups in total. The summed E-state index contributed by atoms with van der Waals surface area (Å²) in [5, 5.41) is 8.48. The van der Waals surface area contributed by atoms with E-state index in [1.54, 1.807) is 0 Å². The second-order valence-electron chi connectivity index (χ2n) is 6.65. The van der Waals surface area contributed by atoms with E-state index in [4.69, 9.17) is 0 Å². The van der Waals surface area contributed by atoms with Gasteiger partial charge in [-0.1, -0.05) is 60.7 Å². The van der Waals surface area contributed by atoms with Gasteiger partial charge in [-0.05, 0) is 47.6 Å². The summed E-state index contributed by atoms with van der Waals surface area (Å²) in [4.78, 5) is 0. The normalized spacial score (nSPS) is 11.6. The van der Waals surface area contributed by atoms with Crippen LogP contribution >= 0.6 is 0 Å². The van der Waals surface area contributed by atoms with Crippen molar-refractivity contribution in [1.82, 2.24) is 9.61 Å². The number of hydrogen-bond donors (Lipinski definition) is 0. The Morgan fingerprint density at radius 1 is 0.680 bits per heavy atom. The average Bonchev–Trinajstić information content (AvgIpc) is 3.04. The van der Waals surface area contributed by atoms with Crippen LogP contribution in [0.3, 0.4) is 0 Å². The maximum atomic E-state index is 4.67. The van der Waals surface area contributed by atoms with Gasteiger partial charge in [0.25, 0.3) is 0 Å². The molecule has 0 unspecified atom stereocenters. The quantitative estimate of drug-likeness (QED) is 0.350. The number of nitrogens with zero attached hydrogens (tertiary/aromatic N) is 2. The standard InChI is InChI=1S/C23H18N2/c1-15-8-3-4-9-17(15)18-12-7-13-21-22(18)19-10-5-6-11-20(19)23-16(2)14-24-25(21)23/h3-14H,1-2H3. The fraction of sp³-hybridized carbons (Fsp3) is 0.0870. The van der Waals surface area contributed by atoms with Gasteiger partial charge in [0, 0.05) is 10.8 Å². The molecule has 2 heteroatoms. The summed E-state index contributed by atoms with van der Waals surface area (Å²) in [5.74, 6) is 0. The number of rotatable bonds is 1. The lowest BCUT2D eigenvalue weighted by molar-refractivity contribution is 1.01. The third-order valence-electron chi connectivity index (χ3n) is 5.11. The molecule has 120 valence electrons. The molecule has 2 nitrogen and oxygen atoms in total. The number of benzene rings is 3. The van der Waals surface area contributed by atoms with E-state index in [1.165, 1.54) is 43.9 Å². The van der Waals surface area contributed by atoms with Gasteiger partial charge < -0.3 is 0 Å². The minimum atomic E-state index is 1.16. The molecule has 0 amide bonds. The Kier molecular flexibility index (Phi) is 2.95. The van der Waals surface area contributed by atoms with Gasteiger partial charge in [-0.15, -0.1) is 0 Å². The molecule has 3 aromatic carbocycles. The summed E-state index contributed by atoms with van der Waals surface area (Å²) in [5.41, 5.74) is 7.39. The van der Waals surface area contributed by atoms with Crippen LogP contribution < -0.4 is 0 Å². The van der Waals surface area contributed by atoms with Crippen molar-refractivity contribution in [1.29, 1.82) is 0 Å². The minimum Gasteiger partial charge on any atom is -0.232 e. The van der Waals surface area contributed by atoms with Crippen molar-refractivity contribution >= 4 is 27.2 Å². The van der Waals surface area contributed by atoms with Gasteiger partial charge in [-0.25, -0.2) is 4.52 Å². The molecule has 5 aromatic rings. The van der Waals surface area contributed by atoms with Crippen molar-refractivity contribution in [3.05, 3.63) is 84.1 Å². The first-order valence-electron chi connectivity index (χ1n) is 8.59. The molecular formula is C23H18N2. The van der Waals surface area contributed by atoms with Gasteiger partial charge in [0.05, 0.1) is 17.2 Å². The van der Waals surface area contributed by atoms with Crippen LogP contribution in [0.5, 0.6) is 0 Å². The molecule has 25 heavy (non-hydrogen) atoms. The van der Waals surface area contributed by atoms with E-state index in [-0.39, 0.29) is 0 Å². The van der Waals surface area contributed by atoms with Crippen molar-refractivity contribution in [3.63, 3.8) is 0 Å². The first kappa shape index (κ1) is 14.2. The molecule has 0 aliphatic rings. The van der Waals surface area contributed by atoms with Crippen LogP contribution in [0.25, 0.3) is 38.3 Å². The van der Waals surface area contributed by atoms with Crippen molar-refractivity contribution in [3.8, 4) is 11.1 Å². The Morgan fingerprint density at radius 3 is 2.24 bits per heavy atom. The summed E-state index contributed by atoms with van der Waals surface area (Å²) in [6.45, 7) is 4.30. The van der Waals surface area contributed by atoms with E-state index in [2.05, 4.69) is 90.2 Å². The van der Waals surface area contributed by atoms with Crippen molar-refractivity contribution < 1.29 is 0 Å². The first-order chi connectivity index (χ1) is 12.3. The fourth-order valence-corrected chi connectivity index (χ4v) is 3.95. The largest absolute Gasteiger partial charge is 0.232 e. The van der Waals surface area contributed by atoms with Crippen molar-refractivity contribution in [2.75, 3.05) is 0 Å². The summed E-state index contributed by atoms with van der Waals surface area (Å²) < 4.78 is 2.09. The Balaban J connectivity index is 2.09. The maximum absolute atomic E-state index is 4.67. The van der Waals surface area contributed by atoms with Gasteiger partial charge in [0.1, 0.15) is 0 Å². The summed E-state index contributed by atoms with van der Waals surface area (Å²) in [7, 11) is 0. The molecule has 0 radical (unpaired) electrons. The first-order valence-corrected chi connectivity index (χ1v) is 8.59. The third kappa shape index (κ3) is 1.94. The topological polar surface area (TPSA) is 17.3 Å². The van der Waals surface area contributed by atoms with Gasteiger partial charge in [-0.3, -0.25) is 0 Å². The predicted octanol–water partition coefficient (Wildman–Crippen LogP) is 5.92. The highest BCUT2D eigenvalue weighted by atomic mass is 15.2. The zero-order valence-corrected chi connectivity index (χ0v) is 14.3. The Labute approximate surface area is 146 Å². The zero-order valence-electron chi connectivity index (χ0n) is 14.3. The van der Waals surface area contributed by atoms with E-state index in [1.807, 2.05) is 6.20 Å². The highest BCUT2D eigenvalue weighted by Crippen LogP contribution is 2.37. The van der Waals surface area contributed by atoms with Gasteiger partial charge >= 0.3 is 0 Å². The van der Waals surface area contributed by atoms with E-state index >= 15 is 0 Å². The smallest absolute Gasteiger partial charge is 0.0776 e. The second kappa shape index (κ2) is 5.18. The van der Waals surface area contributed by atoms with E-state index in [9.17, 15) is 0 Å². The number of hydrogen-bond acceptors (Lipinski definition) is 1. The third-order valence-corrected chi connectivity index (χ3v) is 5.11. The molecule has 0 bridgehead atoms. The SMILES string of the molecule is Cc1ccccc1-c1cccc2c1c1ccccc1c1c(C)cnn21. The summed E-state index contributed by atoms with van der Waals surface area (Å²) >= 11 is 0. The van der Waals surface area contributed by atoms with E-state index < -0.39 is 0 Å². The molecule has 2 heterocycles. The highest BCUT2D eigenvalue weighted by molar-refractivity contribution is 6.18. The van der Waals surface area contributed by atoms with Crippen LogP contribution in [0, 0.1) is 13.8 Å². The summed E-state index contributed by atoms with van der Waals surface area (Å²) in [6, 6.07) is 23.8. The average molecular weight is 322 g/mol. The Bertz CT molecular complexity index is 1260. The lowest BCUT2D eigenvalue weighted by Gasteiger charge is -2.14. The predicted molar refractivity (Wildman–Crippen MR) is 105 cm³/mol. The number of pyridine rings is 1. The van der Waals surface area contributed by atoms with Gasteiger partial charge in [-0.2, -0.15) is 5.10 Å². The molecule has 0 atom stereocenters. The maximum Gasteiger partial charge on any atom is 0.0776 e. The van der Waals surface area contributed by atoms with Gasteiger partial charge in [0.15, 0.2) is 0 Å². The van der Waals surface area contributed by atoms with Crippen LogP contribution in [0.1, 0.15) is 11.1 Å². The number of fused-ring (bicyclic) bond motifs is 6. The molecule has 0 aliphatic heterocycles. The molecule has 5 rings (SSSR count). The molecule has 0 fully saturated rings. The lowest BCUT2D eigenvalue weighted by Crippen LogP contribution is -1.95. The van der Waals surface area contributed by atoms with Crippen LogP contribution in [0.15, 0.2) is 72.9 Å². The van der Waals surface area contributed by atoms with Gasteiger partial charge in [0.2, 0.25) is 0 Å². The highest BCUT2D eigenvalue weighted by Gasteiger charge is 2.15. The molecule has 0 aliphatic carbocycles. The van der Waals surface area contributed by atoms with Crippen LogP contribution in [-0.4, -0.2) is 9.61 Å². The molecular weight excluding hydrogens is 304 g/mol. The fourth-order valence-electron chi connectivity index (χ4n) is 3.95. The molecule has 0 saturated heterocycles. The molecule has 2 aromatic heterocycles. The number of aromatic nitrogens is 2. The van der Waals surface area contributed by atoms with E-state index in [0.717, 1.165) is 5.52 Å². The van der Waals surface area contributed by atoms with Crippen LogP contribution in [-0.2, 0) is 0 Å². The lowest BCUT2D eigenvalue weighted by atomic mass is 9.93. The Hall–Kier alpha value is -3.13. The Morgan fingerprint density at radius 2 is 1.40 bits per heavy atom. The van der Waals surface area contributed by atoms with Crippen molar-refractivity contribution in [2.45, 2.75) is 13.8 Å². The summed E-state index contributed by atoms with van der Waals surface area (Å²) in [6.07, 6.45) is 1.96. The minimum absolute atomic E-state index is 1.16. The molecule has 0 spiro atoms. The van der Waals surface area contributed by atoms with Crippen LogP contribution in [0.2, 0.25) is 0 Å². The van der Waals surface area contributed by atoms with Crippen molar-refractivity contribution in [2.24, 2.45) is 0 Å².